The van der Waals surface area contributed by atoms with Crippen LogP contribution in [0, 0.1) is 6.92 Å². The summed E-state index contributed by atoms with van der Waals surface area (Å²) >= 11 is 5.94. The van der Waals surface area contributed by atoms with Crippen molar-refractivity contribution in [3.63, 3.8) is 0 Å². The highest BCUT2D eigenvalue weighted by atomic mass is 35.5. The van der Waals surface area contributed by atoms with E-state index < -0.39 is 11.6 Å². The van der Waals surface area contributed by atoms with E-state index in [2.05, 4.69) is 5.32 Å². The van der Waals surface area contributed by atoms with E-state index in [0.29, 0.717) is 36.8 Å². The Balaban J connectivity index is 1.80. The lowest BCUT2D eigenvalue weighted by Crippen LogP contribution is -2.54. The Kier molecular flexibility index (Phi) is 10.2. The van der Waals surface area contributed by atoms with Crippen molar-refractivity contribution < 1.29 is 14.3 Å². The van der Waals surface area contributed by atoms with Gasteiger partial charge in [-0.2, -0.15) is 0 Å². The number of halogens is 1. The first-order valence-corrected chi connectivity index (χ1v) is 13.1. The third-order valence-electron chi connectivity index (χ3n) is 5.86. The molecule has 196 valence electrons. The van der Waals surface area contributed by atoms with Crippen LogP contribution in [0.5, 0.6) is 5.75 Å². The average Bonchev–Trinajstić information content (AvgIpc) is 2.85. The molecule has 0 aromatic heterocycles. The van der Waals surface area contributed by atoms with Gasteiger partial charge in [-0.25, -0.2) is 0 Å². The molecule has 3 aromatic carbocycles. The fraction of sp³-hybridized carbons (Fsp3) is 0.355. The summed E-state index contributed by atoms with van der Waals surface area (Å²) in [5.41, 5.74) is 2.71. The largest absolute Gasteiger partial charge is 0.494 e. The van der Waals surface area contributed by atoms with Crippen LogP contribution in [0.25, 0.3) is 0 Å². The molecule has 0 radical (unpaired) electrons. The van der Waals surface area contributed by atoms with Gasteiger partial charge in [0.05, 0.1) is 6.61 Å². The first-order chi connectivity index (χ1) is 17.6. The number of hydrogen-bond donors (Lipinski definition) is 1. The number of aryl methyl sites for hydroxylation is 1. The number of carbonyl (C=O) groups excluding carboxylic acids is 2. The molecule has 1 unspecified atom stereocenters. The first kappa shape index (κ1) is 28.3. The van der Waals surface area contributed by atoms with Gasteiger partial charge in [-0.05, 0) is 69.5 Å². The third-order valence-corrected chi connectivity index (χ3v) is 6.11. The highest BCUT2D eigenvalue weighted by Gasteiger charge is 2.32. The van der Waals surface area contributed by atoms with Crippen molar-refractivity contribution in [3.05, 3.63) is 101 Å². The molecular weight excluding hydrogens is 484 g/mol. The summed E-state index contributed by atoms with van der Waals surface area (Å²) < 4.78 is 5.78. The number of amides is 2. The normalized spacial score (nSPS) is 12.0. The van der Waals surface area contributed by atoms with Crippen molar-refractivity contribution in [2.75, 3.05) is 6.61 Å². The van der Waals surface area contributed by atoms with E-state index in [4.69, 9.17) is 16.3 Å². The number of hydrogen-bond acceptors (Lipinski definition) is 3. The molecule has 0 saturated carbocycles. The molecule has 0 spiro atoms. The minimum Gasteiger partial charge on any atom is -0.494 e. The molecule has 37 heavy (non-hydrogen) atoms. The fourth-order valence-corrected chi connectivity index (χ4v) is 4.11. The number of ether oxygens (including phenoxy) is 1. The number of nitrogens with one attached hydrogen (secondary N) is 1. The second kappa shape index (κ2) is 13.3. The number of nitrogens with zero attached hydrogens (tertiary/aromatic N) is 1. The van der Waals surface area contributed by atoms with Crippen LogP contribution in [0.2, 0.25) is 5.02 Å². The maximum absolute atomic E-state index is 13.6. The molecule has 0 heterocycles. The van der Waals surface area contributed by atoms with Crippen LogP contribution in [-0.2, 0) is 22.6 Å². The number of benzene rings is 3. The maximum atomic E-state index is 13.6. The van der Waals surface area contributed by atoms with Gasteiger partial charge in [0.1, 0.15) is 11.8 Å². The quantitative estimate of drug-likeness (QED) is 0.299. The first-order valence-electron chi connectivity index (χ1n) is 12.7. The maximum Gasteiger partial charge on any atom is 0.243 e. The van der Waals surface area contributed by atoms with Crippen LogP contribution in [0.15, 0.2) is 78.9 Å². The lowest BCUT2D eigenvalue weighted by molar-refractivity contribution is -0.142. The number of carbonyl (C=O) groups is 2. The molecule has 2 amide bonds. The second-order valence-corrected chi connectivity index (χ2v) is 10.8. The summed E-state index contributed by atoms with van der Waals surface area (Å²) in [5.74, 6) is 0.472. The van der Waals surface area contributed by atoms with Gasteiger partial charge in [-0.3, -0.25) is 9.59 Å². The van der Waals surface area contributed by atoms with E-state index in [1.165, 1.54) is 0 Å². The molecule has 1 N–H and O–H groups in total. The molecule has 0 aliphatic heterocycles. The monoisotopic (exact) mass is 520 g/mol. The summed E-state index contributed by atoms with van der Waals surface area (Å²) in [7, 11) is 0. The van der Waals surface area contributed by atoms with Gasteiger partial charge in [0.25, 0.3) is 0 Å². The Morgan fingerprint density at radius 1 is 0.919 bits per heavy atom. The summed E-state index contributed by atoms with van der Waals surface area (Å²) in [5, 5.41) is 3.74. The van der Waals surface area contributed by atoms with Crippen LogP contribution in [0.4, 0.5) is 0 Å². The molecule has 3 aromatic rings. The van der Waals surface area contributed by atoms with E-state index >= 15 is 0 Å². The van der Waals surface area contributed by atoms with Gasteiger partial charge < -0.3 is 15.0 Å². The summed E-state index contributed by atoms with van der Waals surface area (Å²) in [6.45, 7) is 8.62. The Labute approximate surface area is 225 Å². The predicted octanol–water partition coefficient (Wildman–Crippen LogP) is 6.36. The molecule has 3 rings (SSSR count). The molecule has 6 heteroatoms. The van der Waals surface area contributed by atoms with E-state index in [1.54, 1.807) is 29.2 Å². The SMILES string of the molecule is Cc1ccc(CN(C(=O)CCCOc2ccc(Cl)cc2)C(Cc2ccccc2)C(=O)NC(C)(C)C)cc1. The highest BCUT2D eigenvalue weighted by Crippen LogP contribution is 2.19. The van der Waals surface area contributed by atoms with Crippen molar-refractivity contribution >= 4 is 23.4 Å². The number of rotatable bonds is 11. The Morgan fingerprint density at radius 2 is 1.57 bits per heavy atom. The molecule has 0 aliphatic carbocycles. The van der Waals surface area contributed by atoms with Crippen LogP contribution in [0.3, 0.4) is 0 Å². The van der Waals surface area contributed by atoms with Crippen LogP contribution in [-0.4, -0.2) is 34.9 Å². The average molecular weight is 521 g/mol. The molecule has 0 bridgehead atoms. The van der Waals surface area contributed by atoms with Crippen LogP contribution in [0.1, 0.15) is 50.3 Å². The lowest BCUT2D eigenvalue weighted by Gasteiger charge is -2.34. The molecule has 0 saturated heterocycles. The predicted molar refractivity (Wildman–Crippen MR) is 150 cm³/mol. The van der Waals surface area contributed by atoms with Gasteiger partial charge >= 0.3 is 0 Å². The van der Waals surface area contributed by atoms with Gasteiger partial charge in [-0.15, -0.1) is 0 Å². The summed E-state index contributed by atoms with van der Waals surface area (Å²) in [4.78, 5) is 28.9. The molecule has 0 aliphatic rings. The zero-order chi connectivity index (χ0) is 26.8. The molecule has 1 atom stereocenters. The molecular formula is C31H37ClN2O3. The van der Waals surface area contributed by atoms with Gasteiger partial charge in [0.15, 0.2) is 0 Å². The Hall–Kier alpha value is -3.31. The van der Waals surface area contributed by atoms with Crippen molar-refractivity contribution in [2.24, 2.45) is 0 Å². The van der Waals surface area contributed by atoms with E-state index in [-0.39, 0.29) is 18.2 Å². The van der Waals surface area contributed by atoms with Gasteiger partial charge in [-0.1, -0.05) is 71.8 Å². The third kappa shape index (κ3) is 9.58. The minimum atomic E-state index is -0.646. The lowest BCUT2D eigenvalue weighted by atomic mass is 10.00. The fourth-order valence-electron chi connectivity index (χ4n) is 3.98. The van der Waals surface area contributed by atoms with Crippen LogP contribution >= 0.6 is 11.6 Å². The van der Waals surface area contributed by atoms with Gasteiger partial charge in [0, 0.05) is 29.9 Å². The van der Waals surface area contributed by atoms with E-state index in [9.17, 15) is 9.59 Å². The van der Waals surface area contributed by atoms with Crippen LogP contribution < -0.4 is 10.1 Å². The zero-order valence-electron chi connectivity index (χ0n) is 22.2. The Bertz CT molecular complexity index is 1140. The van der Waals surface area contributed by atoms with Crippen molar-refractivity contribution in [1.82, 2.24) is 10.2 Å². The smallest absolute Gasteiger partial charge is 0.243 e. The summed E-state index contributed by atoms with van der Waals surface area (Å²) in [6.07, 6.45) is 1.24. The van der Waals surface area contributed by atoms with Crippen molar-refractivity contribution in [3.8, 4) is 5.75 Å². The summed E-state index contributed by atoms with van der Waals surface area (Å²) in [6, 6.07) is 24.4. The van der Waals surface area contributed by atoms with Crippen molar-refractivity contribution in [1.29, 1.82) is 0 Å². The zero-order valence-corrected chi connectivity index (χ0v) is 22.9. The second-order valence-electron chi connectivity index (χ2n) is 10.4. The van der Waals surface area contributed by atoms with E-state index in [0.717, 1.165) is 16.7 Å². The van der Waals surface area contributed by atoms with Crippen molar-refractivity contribution in [2.45, 2.75) is 65.1 Å². The molecule has 5 nitrogen and oxygen atoms in total. The van der Waals surface area contributed by atoms with Gasteiger partial charge in [0.2, 0.25) is 11.8 Å². The topological polar surface area (TPSA) is 58.6 Å². The Morgan fingerprint density at radius 3 is 2.19 bits per heavy atom. The minimum absolute atomic E-state index is 0.0785. The molecule has 0 fully saturated rings. The standard InChI is InChI=1S/C31H37ClN2O3/c1-23-12-14-25(15-13-23)22-34(29(35)11-8-20-37-27-18-16-26(32)17-19-27)28(30(36)33-31(2,3)4)21-24-9-6-5-7-10-24/h5-7,9-10,12-19,28H,8,11,20-22H2,1-4H3,(H,33,36). The highest BCUT2D eigenvalue weighted by molar-refractivity contribution is 6.30. The van der Waals surface area contributed by atoms with E-state index in [1.807, 2.05) is 82.3 Å².